The van der Waals surface area contributed by atoms with Gasteiger partial charge in [-0.05, 0) is 69.7 Å². The molecule has 0 bridgehead atoms. The molecule has 4 nitrogen and oxygen atoms in total. The summed E-state index contributed by atoms with van der Waals surface area (Å²) in [5.74, 6) is 1.62. The minimum atomic E-state index is 0.224. The van der Waals surface area contributed by atoms with Crippen LogP contribution in [0, 0.1) is 5.92 Å². The first kappa shape index (κ1) is 19.5. The van der Waals surface area contributed by atoms with E-state index in [1.54, 1.807) is 0 Å². The highest BCUT2D eigenvalue weighted by Gasteiger charge is 2.44. The van der Waals surface area contributed by atoms with Crippen LogP contribution in [0.25, 0.3) is 0 Å². The second-order valence-electron chi connectivity index (χ2n) is 8.19. The number of nitrogens with one attached hydrogen (secondary N) is 2. The summed E-state index contributed by atoms with van der Waals surface area (Å²) in [5.41, 5.74) is 1.56. The molecule has 0 radical (unpaired) electrons. The SMILES string of the molecule is CN=C(NCC1CCCN(C(C)C)C1)NCC1(c2cccc(Cl)c2)CC1. The van der Waals surface area contributed by atoms with Crippen LogP contribution in [0.15, 0.2) is 29.3 Å². The number of rotatable bonds is 6. The Bertz CT molecular complexity index is 624. The number of likely N-dealkylation sites (tertiary alicyclic amines) is 1. The van der Waals surface area contributed by atoms with Gasteiger partial charge in [-0.3, -0.25) is 4.99 Å². The van der Waals surface area contributed by atoms with Crippen molar-refractivity contribution in [1.29, 1.82) is 0 Å². The van der Waals surface area contributed by atoms with Crippen molar-refractivity contribution in [3.8, 4) is 0 Å². The lowest BCUT2D eigenvalue weighted by Crippen LogP contribution is -2.47. The third-order valence-electron chi connectivity index (χ3n) is 5.95. The van der Waals surface area contributed by atoms with Crippen LogP contribution in [-0.2, 0) is 5.41 Å². The van der Waals surface area contributed by atoms with Crippen molar-refractivity contribution >= 4 is 17.6 Å². The van der Waals surface area contributed by atoms with E-state index in [1.165, 1.54) is 44.3 Å². The maximum atomic E-state index is 6.18. The zero-order chi connectivity index (χ0) is 18.6. The molecule has 144 valence electrons. The van der Waals surface area contributed by atoms with Gasteiger partial charge in [0.15, 0.2) is 5.96 Å². The Kier molecular flexibility index (Phi) is 6.46. The molecule has 1 unspecified atom stereocenters. The second-order valence-corrected chi connectivity index (χ2v) is 8.63. The van der Waals surface area contributed by atoms with E-state index in [1.807, 2.05) is 19.2 Å². The van der Waals surface area contributed by atoms with Gasteiger partial charge in [-0.2, -0.15) is 0 Å². The van der Waals surface area contributed by atoms with Crippen molar-refractivity contribution in [2.75, 3.05) is 33.2 Å². The fraction of sp³-hybridized carbons (Fsp3) is 0.667. The largest absolute Gasteiger partial charge is 0.356 e. The predicted octanol–water partition coefficient (Wildman–Crippen LogP) is 3.66. The fourth-order valence-electron chi connectivity index (χ4n) is 3.98. The zero-order valence-corrected chi connectivity index (χ0v) is 17.1. The zero-order valence-electron chi connectivity index (χ0n) is 16.4. The molecule has 1 atom stereocenters. The molecule has 0 spiro atoms. The van der Waals surface area contributed by atoms with Crippen LogP contribution >= 0.6 is 11.6 Å². The molecule has 2 fully saturated rings. The lowest BCUT2D eigenvalue weighted by atomic mass is 9.96. The normalized spacial score (nSPS) is 23.1. The standard InChI is InChI=1S/C21H33ClN4/c1-16(2)26-11-5-6-17(14-26)13-24-20(23-3)25-15-21(9-10-21)18-7-4-8-19(22)12-18/h4,7-8,12,16-17H,5-6,9-11,13-15H2,1-3H3,(H2,23,24,25). The van der Waals surface area contributed by atoms with Gasteiger partial charge >= 0.3 is 0 Å². The number of guanidine groups is 1. The summed E-state index contributed by atoms with van der Waals surface area (Å²) in [6.07, 6.45) is 5.03. The minimum Gasteiger partial charge on any atom is -0.356 e. The first-order valence-corrected chi connectivity index (χ1v) is 10.3. The van der Waals surface area contributed by atoms with Crippen molar-refractivity contribution in [3.63, 3.8) is 0 Å². The first-order valence-electron chi connectivity index (χ1n) is 9.97. The number of aliphatic imine (C=N–C) groups is 1. The van der Waals surface area contributed by atoms with Gasteiger partial charge in [-0.1, -0.05) is 23.7 Å². The topological polar surface area (TPSA) is 39.7 Å². The molecule has 5 heteroatoms. The Labute approximate surface area is 163 Å². The van der Waals surface area contributed by atoms with Gasteiger partial charge in [0.1, 0.15) is 0 Å². The Balaban J connectivity index is 1.48. The molecule has 1 aromatic carbocycles. The number of piperidine rings is 1. The fourth-order valence-corrected chi connectivity index (χ4v) is 4.17. The molecule has 2 N–H and O–H groups in total. The Morgan fingerprint density at radius 1 is 1.35 bits per heavy atom. The number of hydrogen-bond acceptors (Lipinski definition) is 2. The average Bonchev–Trinajstić information content (AvgIpc) is 3.43. The highest BCUT2D eigenvalue weighted by atomic mass is 35.5. The van der Waals surface area contributed by atoms with E-state index in [-0.39, 0.29) is 5.41 Å². The molecule has 1 aliphatic carbocycles. The van der Waals surface area contributed by atoms with Gasteiger partial charge in [-0.25, -0.2) is 0 Å². The lowest BCUT2D eigenvalue weighted by molar-refractivity contribution is 0.141. The van der Waals surface area contributed by atoms with Crippen molar-refractivity contribution in [2.45, 2.75) is 51.0 Å². The molecule has 1 heterocycles. The van der Waals surface area contributed by atoms with Crippen molar-refractivity contribution in [3.05, 3.63) is 34.9 Å². The van der Waals surface area contributed by atoms with Gasteiger partial charge in [0, 0.05) is 43.2 Å². The molecule has 1 saturated heterocycles. The van der Waals surface area contributed by atoms with Crippen LogP contribution in [0.1, 0.15) is 45.1 Å². The second kappa shape index (κ2) is 8.62. The molecule has 1 aliphatic heterocycles. The molecular formula is C21H33ClN4. The summed E-state index contributed by atoms with van der Waals surface area (Å²) >= 11 is 6.18. The number of halogens is 1. The quantitative estimate of drug-likeness (QED) is 0.588. The minimum absolute atomic E-state index is 0.224. The van der Waals surface area contributed by atoms with Crippen molar-refractivity contribution < 1.29 is 0 Å². The summed E-state index contributed by atoms with van der Waals surface area (Å²) in [6.45, 7) is 8.92. The smallest absolute Gasteiger partial charge is 0.191 e. The van der Waals surface area contributed by atoms with Crippen LogP contribution in [0.4, 0.5) is 0 Å². The summed E-state index contributed by atoms with van der Waals surface area (Å²) in [5, 5.41) is 7.92. The number of hydrogen-bond donors (Lipinski definition) is 2. The van der Waals surface area contributed by atoms with Gasteiger partial charge in [0.2, 0.25) is 0 Å². The monoisotopic (exact) mass is 376 g/mol. The van der Waals surface area contributed by atoms with Gasteiger partial charge < -0.3 is 15.5 Å². The lowest BCUT2D eigenvalue weighted by Gasteiger charge is -2.35. The van der Waals surface area contributed by atoms with Crippen LogP contribution in [-0.4, -0.2) is 50.1 Å². The maximum Gasteiger partial charge on any atom is 0.191 e. The molecule has 2 aliphatic rings. The Morgan fingerprint density at radius 3 is 2.81 bits per heavy atom. The van der Waals surface area contributed by atoms with E-state index in [0.29, 0.717) is 12.0 Å². The van der Waals surface area contributed by atoms with Gasteiger partial charge in [0.25, 0.3) is 0 Å². The van der Waals surface area contributed by atoms with Gasteiger partial charge in [0.05, 0.1) is 0 Å². The summed E-state index contributed by atoms with van der Waals surface area (Å²) in [4.78, 5) is 7.01. The molecule has 3 rings (SSSR count). The molecule has 26 heavy (non-hydrogen) atoms. The average molecular weight is 377 g/mol. The van der Waals surface area contributed by atoms with Gasteiger partial charge in [-0.15, -0.1) is 0 Å². The first-order chi connectivity index (χ1) is 12.5. The Hall–Kier alpha value is -1.26. The highest BCUT2D eigenvalue weighted by Crippen LogP contribution is 2.48. The van der Waals surface area contributed by atoms with Crippen molar-refractivity contribution in [2.24, 2.45) is 10.9 Å². The third kappa shape index (κ3) is 4.92. The molecule has 0 amide bonds. The summed E-state index contributed by atoms with van der Waals surface area (Å²) < 4.78 is 0. The summed E-state index contributed by atoms with van der Waals surface area (Å²) in [7, 11) is 1.86. The highest BCUT2D eigenvalue weighted by molar-refractivity contribution is 6.30. The molecule has 0 aromatic heterocycles. The van der Waals surface area contributed by atoms with Crippen LogP contribution < -0.4 is 10.6 Å². The molecular weight excluding hydrogens is 344 g/mol. The van der Waals surface area contributed by atoms with Crippen LogP contribution in [0.3, 0.4) is 0 Å². The predicted molar refractivity (Wildman–Crippen MR) is 111 cm³/mol. The Morgan fingerprint density at radius 2 is 2.15 bits per heavy atom. The maximum absolute atomic E-state index is 6.18. The summed E-state index contributed by atoms with van der Waals surface area (Å²) in [6, 6.07) is 8.94. The van der Waals surface area contributed by atoms with E-state index in [2.05, 4.69) is 46.5 Å². The number of nitrogens with zero attached hydrogens (tertiary/aromatic N) is 2. The number of benzene rings is 1. The van der Waals surface area contributed by atoms with E-state index in [0.717, 1.165) is 24.1 Å². The van der Waals surface area contributed by atoms with E-state index in [9.17, 15) is 0 Å². The third-order valence-corrected chi connectivity index (χ3v) is 6.18. The van der Waals surface area contributed by atoms with Crippen molar-refractivity contribution in [1.82, 2.24) is 15.5 Å². The van der Waals surface area contributed by atoms with E-state index >= 15 is 0 Å². The van der Waals surface area contributed by atoms with E-state index < -0.39 is 0 Å². The van der Waals surface area contributed by atoms with Crippen LogP contribution in [0.5, 0.6) is 0 Å². The molecule has 1 aromatic rings. The van der Waals surface area contributed by atoms with Crippen LogP contribution in [0.2, 0.25) is 5.02 Å². The molecule has 1 saturated carbocycles. The van der Waals surface area contributed by atoms with E-state index in [4.69, 9.17) is 11.6 Å².